The molecule has 0 N–H and O–H groups in total. The molecule has 0 saturated carbocycles. The van der Waals surface area contributed by atoms with E-state index in [1.807, 2.05) is 36.4 Å². The molecule has 0 aliphatic heterocycles. The SMILES string of the molecule is O=C(CCc1ccccc1)SCc1ccccc1. The first kappa shape index (κ1) is 12.9. The second-order valence-electron chi connectivity index (χ2n) is 4.13. The predicted octanol–water partition coefficient (Wildman–Crippen LogP) is 4.08. The van der Waals surface area contributed by atoms with Gasteiger partial charge in [0.1, 0.15) is 0 Å². The van der Waals surface area contributed by atoms with Crippen LogP contribution in [0.1, 0.15) is 17.5 Å². The van der Waals surface area contributed by atoms with Crippen LogP contribution in [0.25, 0.3) is 0 Å². The van der Waals surface area contributed by atoms with Crippen LogP contribution in [-0.4, -0.2) is 5.12 Å². The number of thioether (sulfide) groups is 1. The van der Waals surface area contributed by atoms with Gasteiger partial charge in [0.25, 0.3) is 0 Å². The van der Waals surface area contributed by atoms with Gasteiger partial charge >= 0.3 is 0 Å². The van der Waals surface area contributed by atoms with Crippen LogP contribution in [-0.2, 0) is 17.0 Å². The molecule has 2 aromatic carbocycles. The summed E-state index contributed by atoms with van der Waals surface area (Å²) in [6.45, 7) is 0. The standard InChI is InChI=1S/C16H16OS/c17-16(12-11-14-7-3-1-4-8-14)18-13-15-9-5-2-6-10-15/h1-10H,11-13H2. The van der Waals surface area contributed by atoms with Crippen molar-refractivity contribution < 1.29 is 4.79 Å². The molecule has 0 heterocycles. The minimum atomic E-state index is 0.266. The number of hydrogen-bond acceptors (Lipinski definition) is 2. The van der Waals surface area contributed by atoms with Gasteiger partial charge in [-0.15, -0.1) is 0 Å². The Morgan fingerprint density at radius 2 is 1.39 bits per heavy atom. The Kier molecular flexibility index (Phi) is 5.03. The largest absolute Gasteiger partial charge is 0.287 e. The zero-order valence-electron chi connectivity index (χ0n) is 10.2. The molecule has 0 aliphatic carbocycles. The molecule has 0 atom stereocenters. The van der Waals surface area contributed by atoms with Crippen molar-refractivity contribution in [1.82, 2.24) is 0 Å². The van der Waals surface area contributed by atoms with Crippen molar-refractivity contribution in [3.05, 3.63) is 71.8 Å². The molecule has 0 fully saturated rings. The summed E-state index contributed by atoms with van der Waals surface area (Å²) in [6.07, 6.45) is 1.45. The van der Waals surface area contributed by atoms with Crippen LogP contribution in [0.3, 0.4) is 0 Å². The molecule has 0 aromatic heterocycles. The van der Waals surface area contributed by atoms with Gasteiger partial charge in [0.05, 0.1) is 0 Å². The van der Waals surface area contributed by atoms with Gasteiger partial charge in [-0.25, -0.2) is 0 Å². The average molecular weight is 256 g/mol. The summed E-state index contributed by atoms with van der Waals surface area (Å²) in [5.41, 5.74) is 2.43. The molecule has 1 nitrogen and oxygen atoms in total. The quantitative estimate of drug-likeness (QED) is 0.802. The van der Waals surface area contributed by atoms with E-state index in [1.165, 1.54) is 22.9 Å². The lowest BCUT2D eigenvalue weighted by Crippen LogP contribution is -1.96. The highest BCUT2D eigenvalue weighted by Crippen LogP contribution is 2.15. The zero-order chi connectivity index (χ0) is 12.6. The lowest BCUT2D eigenvalue weighted by molar-refractivity contribution is -0.110. The van der Waals surface area contributed by atoms with E-state index in [0.29, 0.717) is 6.42 Å². The van der Waals surface area contributed by atoms with Crippen molar-refractivity contribution in [2.75, 3.05) is 0 Å². The molecule has 92 valence electrons. The van der Waals surface area contributed by atoms with Gasteiger partial charge in [0, 0.05) is 12.2 Å². The number of aryl methyl sites for hydroxylation is 1. The van der Waals surface area contributed by atoms with E-state index >= 15 is 0 Å². The molecule has 0 bridgehead atoms. The van der Waals surface area contributed by atoms with Gasteiger partial charge in [-0.3, -0.25) is 4.79 Å². The molecule has 2 rings (SSSR count). The summed E-state index contributed by atoms with van der Waals surface area (Å²) in [6, 6.07) is 20.3. The third-order valence-electron chi connectivity index (χ3n) is 2.70. The van der Waals surface area contributed by atoms with E-state index in [-0.39, 0.29) is 5.12 Å². The first-order valence-electron chi connectivity index (χ1n) is 6.08. The number of rotatable bonds is 5. The fraction of sp³-hybridized carbons (Fsp3) is 0.188. The fourth-order valence-corrected chi connectivity index (χ4v) is 2.47. The Labute approximate surface area is 112 Å². The first-order valence-corrected chi connectivity index (χ1v) is 7.06. The highest BCUT2D eigenvalue weighted by atomic mass is 32.2. The van der Waals surface area contributed by atoms with Crippen molar-refractivity contribution in [3.8, 4) is 0 Å². The average Bonchev–Trinajstić information content (AvgIpc) is 2.45. The monoisotopic (exact) mass is 256 g/mol. The summed E-state index contributed by atoms with van der Waals surface area (Å²) in [7, 11) is 0. The topological polar surface area (TPSA) is 17.1 Å². The number of carbonyl (C=O) groups is 1. The fourth-order valence-electron chi connectivity index (χ4n) is 1.70. The Morgan fingerprint density at radius 1 is 0.833 bits per heavy atom. The van der Waals surface area contributed by atoms with Gasteiger partial charge in [0.15, 0.2) is 5.12 Å². The molecule has 2 aromatic rings. The van der Waals surface area contributed by atoms with Gasteiger partial charge in [0.2, 0.25) is 0 Å². The molecule has 2 heteroatoms. The molecular formula is C16H16OS. The van der Waals surface area contributed by atoms with E-state index in [4.69, 9.17) is 0 Å². The van der Waals surface area contributed by atoms with Gasteiger partial charge < -0.3 is 0 Å². The Morgan fingerprint density at radius 3 is 2.00 bits per heavy atom. The Hall–Kier alpha value is -1.54. The molecular weight excluding hydrogens is 240 g/mol. The second kappa shape index (κ2) is 7.02. The van der Waals surface area contributed by atoms with E-state index in [2.05, 4.69) is 24.3 Å². The number of hydrogen-bond donors (Lipinski definition) is 0. The molecule has 0 amide bonds. The van der Waals surface area contributed by atoms with Crippen LogP contribution >= 0.6 is 11.8 Å². The summed E-state index contributed by atoms with van der Waals surface area (Å²) in [4.78, 5) is 11.8. The lowest BCUT2D eigenvalue weighted by atomic mass is 10.1. The highest BCUT2D eigenvalue weighted by molar-refractivity contribution is 8.12. The maximum Gasteiger partial charge on any atom is 0.189 e. The smallest absolute Gasteiger partial charge is 0.189 e. The van der Waals surface area contributed by atoms with E-state index in [0.717, 1.165) is 12.2 Å². The third kappa shape index (κ3) is 4.38. The highest BCUT2D eigenvalue weighted by Gasteiger charge is 2.03. The molecule has 0 radical (unpaired) electrons. The number of carbonyl (C=O) groups excluding carboxylic acids is 1. The Balaban J connectivity index is 1.73. The normalized spacial score (nSPS) is 10.2. The van der Waals surface area contributed by atoms with Crippen LogP contribution in [0.5, 0.6) is 0 Å². The van der Waals surface area contributed by atoms with E-state index in [9.17, 15) is 4.79 Å². The zero-order valence-corrected chi connectivity index (χ0v) is 11.0. The first-order chi connectivity index (χ1) is 8.84. The summed E-state index contributed by atoms with van der Waals surface area (Å²) >= 11 is 1.41. The van der Waals surface area contributed by atoms with Gasteiger partial charge in [-0.05, 0) is 17.5 Å². The third-order valence-corrected chi connectivity index (χ3v) is 3.71. The van der Waals surface area contributed by atoms with Gasteiger partial charge in [-0.2, -0.15) is 0 Å². The summed E-state index contributed by atoms with van der Waals surface area (Å²) in [5, 5.41) is 0.266. The minimum Gasteiger partial charge on any atom is -0.287 e. The molecule has 0 saturated heterocycles. The van der Waals surface area contributed by atoms with Crippen molar-refractivity contribution >= 4 is 16.9 Å². The molecule has 0 unspecified atom stereocenters. The van der Waals surface area contributed by atoms with Crippen molar-refractivity contribution in [2.45, 2.75) is 18.6 Å². The Bertz CT molecular complexity index is 433. The van der Waals surface area contributed by atoms with Crippen molar-refractivity contribution in [1.29, 1.82) is 0 Å². The van der Waals surface area contributed by atoms with Crippen LogP contribution < -0.4 is 0 Å². The lowest BCUT2D eigenvalue weighted by Gasteiger charge is -2.02. The number of benzene rings is 2. The van der Waals surface area contributed by atoms with Crippen LogP contribution in [0.2, 0.25) is 0 Å². The van der Waals surface area contributed by atoms with Crippen LogP contribution in [0, 0.1) is 0 Å². The summed E-state index contributed by atoms with van der Waals surface area (Å²) < 4.78 is 0. The van der Waals surface area contributed by atoms with Crippen LogP contribution in [0.15, 0.2) is 60.7 Å². The maximum atomic E-state index is 11.8. The van der Waals surface area contributed by atoms with Gasteiger partial charge in [-0.1, -0.05) is 72.4 Å². The molecule has 0 spiro atoms. The van der Waals surface area contributed by atoms with Crippen LogP contribution in [0.4, 0.5) is 0 Å². The summed E-state index contributed by atoms with van der Waals surface area (Å²) in [5.74, 6) is 0.772. The maximum absolute atomic E-state index is 11.8. The van der Waals surface area contributed by atoms with Crippen molar-refractivity contribution in [2.24, 2.45) is 0 Å². The van der Waals surface area contributed by atoms with E-state index in [1.54, 1.807) is 0 Å². The molecule has 18 heavy (non-hydrogen) atoms. The predicted molar refractivity (Wildman–Crippen MR) is 77.5 cm³/mol. The minimum absolute atomic E-state index is 0.266. The van der Waals surface area contributed by atoms with E-state index < -0.39 is 0 Å². The molecule has 0 aliphatic rings. The second-order valence-corrected chi connectivity index (χ2v) is 5.16. The van der Waals surface area contributed by atoms with Crippen molar-refractivity contribution in [3.63, 3.8) is 0 Å².